The lowest BCUT2D eigenvalue weighted by atomic mass is 10.1. The van der Waals surface area contributed by atoms with Gasteiger partial charge in [0.05, 0.1) is 22.1 Å². The Bertz CT molecular complexity index is 680. The fraction of sp³-hybridized carbons (Fsp3) is 0. The summed E-state index contributed by atoms with van der Waals surface area (Å²) in [7, 11) is 0. The van der Waals surface area contributed by atoms with Gasteiger partial charge >= 0.3 is 0 Å². The highest BCUT2D eigenvalue weighted by Crippen LogP contribution is 2.28. The first-order chi connectivity index (χ1) is 7.93. The largest absolute Gasteiger partial charge is 0.150 e. The molecule has 2 heterocycles. The third-order valence-corrected chi connectivity index (χ3v) is 2.82. The average molecular weight is 206 g/mol. The van der Waals surface area contributed by atoms with Crippen LogP contribution in [0.1, 0.15) is 0 Å². The zero-order chi connectivity index (χ0) is 10.5. The summed E-state index contributed by atoms with van der Waals surface area (Å²) in [5.41, 5.74) is 3.49. The Kier molecular flexibility index (Phi) is 1.28. The summed E-state index contributed by atoms with van der Waals surface area (Å²) < 4.78 is 0. The Morgan fingerprint density at radius 3 is 1.12 bits per heavy atom. The first-order valence-corrected chi connectivity index (χ1v) is 5.03. The smallest absolute Gasteiger partial charge is 0.0959 e. The van der Waals surface area contributed by atoms with E-state index in [4.69, 9.17) is 0 Å². The second-order valence-corrected chi connectivity index (χ2v) is 3.74. The topological polar surface area (TPSA) is 51.6 Å². The maximum atomic E-state index is 4.19. The molecule has 74 valence electrons. The van der Waals surface area contributed by atoms with Crippen LogP contribution < -0.4 is 0 Å². The maximum absolute atomic E-state index is 4.19. The molecule has 0 amide bonds. The molecule has 0 N–H and O–H groups in total. The quantitative estimate of drug-likeness (QED) is 0.414. The van der Waals surface area contributed by atoms with Crippen LogP contribution in [0.3, 0.4) is 0 Å². The van der Waals surface area contributed by atoms with Crippen molar-refractivity contribution >= 4 is 32.8 Å². The SMILES string of the molecule is c1cc2nnc3cccc4nnc(c1)c2c34. The lowest BCUT2D eigenvalue weighted by Crippen LogP contribution is -1.94. The molecule has 0 unspecified atom stereocenters. The summed E-state index contributed by atoms with van der Waals surface area (Å²) >= 11 is 0. The molecular formula is C12H6N4. The van der Waals surface area contributed by atoms with E-state index in [0.29, 0.717) is 0 Å². The first kappa shape index (κ1) is 7.87. The lowest BCUT2D eigenvalue weighted by molar-refractivity contribution is 1.10. The number of aromatic nitrogens is 4. The molecule has 0 saturated heterocycles. The third-order valence-electron chi connectivity index (χ3n) is 2.82. The van der Waals surface area contributed by atoms with Gasteiger partial charge in [-0.15, -0.1) is 20.4 Å². The molecule has 0 saturated carbocycles. The number of hydrogen-bond acceptors (Lipinski definition) is 4. The summed E-state index contributed by atoms with van der Waals surface area (Å²) in [5.74, 6) is 0. The van der Waals surface area contributed by atoms with Crippen molar-refractivity contribution in [3.05, 3.63) is 36.4 Å². The standard InChI is InChI=1S/C12H6N4/c1-3-7-11-8(4-1)14-16-10-6-2-5-9(12(10)11)15-13-7/h1-6H. The Labute approximate surface area is 90.3 Å². The van der Waals surface area contributed by atoms with Crippen LogP contribution in [-0.4, -0.2) is 20.4 Å². The molecule has 2 aromatic carbocycles. The van der Waals surface area contributed by atoms with Crippen LogP contribution in [0.4, 0.5) is 0 Å². The molecule has 0 bridgehead atoms. The van der Waals surface area contributed by atoms with Gasteiger partial charge in [-0.05, 0) is 24.3 Å². The van der Waals surface area contributed by atoms with Crippen LogP contribution in [0.5, 0.6) is 0 Å². The third kappa shape index (κ3) is 0.839. The number of benzene rings is 2. The van der Waals surface area contributed by atoms with E-state index in [2.05, 4.69) is 20.4 Å². The van der Waals surface area contributed by atoms with Crippen molar-refractivity contribution in [3.8, 4) is 0 Å². The molecule has 16 heavy (non-hydrogen) atoms. The van der Waals surface area contributed by atoms with Crippen molar-refractivity contribution in [2.75, 3.05) is 0 Å². The van der Waals surface area contributed by atoms with Crippen LogP contribution in [0.15, 0.2) is 36.4 Å². The van der Waals surface area contributed by atoms with E-state index in [1.807, 2.05) is 36.4 Å². The van der Waals surface area contributed by atoms with Gasteiger partial charge in [-0.2, -0.15) is 0 Å². The molecule has 4 heteroatoms. The van der Waals surface area contributed by atoms with Crippen molar-refractivity contribution in [1.82, 2.24) is 20.4 Å². The molecule has 0 spiro atoms. The van der Waals surface area contributed by atoms with Crippen LogP contribution in [-0.2, 0) is 0 Å². The fourth-order valence-electron chi connectivity index (χ4n) is 2.12. The molecule has 4 nitrogen and oxygen atoms in total. The molecule has 4 rings (SSSR count). The minimum atomic E-state index is 0.871. The summed E-state index contributed by atoms with van der Waals surface area (Å²) in [6, 6.07) is 11.6. The second-order valence-electron chi connectivity index (χ2n) is 3.74. The van der Waals surface area contributed by atoms with Crippen molar-refractivity contribution in [3.63, 3.8) is 0 Å². The fourth-order valence-corrected chi connectivity index (χ4v) is 2.12. The number of nitrogens with zero attached hydrogens (tertiary/aromatic N) is 4. The summed E-state index contributed by atoms with van der Waals surface area (Å²) in [4.78, 5) is 0. The summed E-state index contributed by atoms with van der Waals surface area (Å²) in [6.45, 7) is 0. The zero-order valence-corrected chi connectivity index (χ0v) is 8.25. The number of rotatable bonds is 0. The van der Waals surface area contributed by atoms with Gasteiger partial charge in [0.1, 0.15) is 0 Å². The van der Waals surface area contributed by atoms with Gasteiger partial charge in [0.25, 0.3) is 0 Å². The van der Waals surface area contributed by atoms with Gasteiger partial charge < -0.3 is 0 Å². The molecule has 2 aromatic heterocycles. The summed E-state index contributed by atoms with van der Waals surface area (Å²) in [5, 5.41) is 18.9. The zero-order valence-electron chi connectivity index (χ0n) is 8.25. The Morgan fingerprint density at radius 1 is 0.500 bits per heavy atom. The van der Waals surface area contributed by atoms with Crippen LogP contribution in [0, 0.1) is 0 Å². The van der Waals surface area contributed by atoms with Crippen LogP contribution >= 0.6 is 0 Å². The van der Waals surface area contributed by atoms with Crippen molar-refractivity contribution in [1.29, 1.82) is 0 Å². The van der Waals surface area contributed by atoms with E-state index in [1.165, 1.54) is 0 Å². The Balaban J connectivity index is 2.51. The van der Waals surface area contributed by atoms with Crippen LogP contribution in [0.2, 0.25) is 0 Å². The Hall–Kier alpha value is -2.36. The van der Waals surface area contributed by atoms with E-state index >= 15 is 0 Å². The second kappa shape index (κ2) is 2.61. The van der Waals surface area contributed by atoms with Gasteiger partial charge in [0.15, 0.2) is 0 Å². The van der Waals surface area contributed by atoms with Crippen molar-refractivity contribution in [2.45, 2.75) is 0 Å². The van der Waals surface area contributed by atoms with Crippen molar-refractivity contribution < 1.29 is 0 Å². The van der Waals surface area contributed by atoms with E-state index in [-0.39, 0.29) is 0 Å². The van der Waals surface area contributed by atoms with E-state index < -0.39 is 0 Å². The van der Waals surface area contributed by atoms with Gasteiger partial charge in [-0.25, -0.2) is 0 Å². The molecule has 0 atom stereocenters. The molecular weight excluding hydrogens is 200 g/mol. The molecule has 0 fully saturated rings. The highest BCUT2D eigenvalue weighted by molar-refractivity contribution is 6.17. The lowest BCUT2D eigenvalue weighted by Gasteiger charge is -2.05. The monoisotopic (exact) mass is 206 g/mol. The minimum absolute atomic E-state index is 0.871. The van der Waals surface area contributed by atoms with Gasteiger partial charge in [-0.3, -0.25) is 0 Å². The molecule has 0 aliphatic rings. The first-order valence-electron chi connectivity index (χ1n) is 5.03. The van der Waals surface area contributed by atoms with Crippen LogP contribution in [0.25, 0.3) is 32.8 Å². The van der Waals surface area contributed by atoms with E-state index in [9.17, 15) is 0 Å². The van der Waals surface area contributed by atoms with E-state index in [1.54, 1.807) is 0 Å². The molecule has 0 aliphatic carbocycles. The maximum Gasteiger partial charge on any atom is 0.0959 e. The summed E-state index contributed by atoms with van der Waals surface area (Å²) in [6.07, 6.45) is 0. The van der Waals surface area contributed by atoms with Gasteiger partial charge in [-0.1, -0.05) is 12.1 Å². The highest BCUT2D eigenvalue weighted by Gasteiger charge is 2.10. The molecule has 0 aliphatic heterocycles. The van der Waals surface area contributed by atoms with Gasteiger partial charge in [0.2, 0.25) is 0 Å². The normalized spacial score (nSPS) is 11.8. The van der Waals surface area contributed by atoms with Gasteiger partial charge in [0, 0.05) is 10.8 Å². The minimum Gasteiger partial charge on any atom is -0.150 e. The number of hydrogen-bond donors (Lipinski definition) is 0. The Morgan fingerprint density at radius 2 is 0.812 bits per heavy atom. The average Bonchev–Trinajstić information content (AvgIpc) is 2.36. The highest BCUT2D eigenvalue weighted by atomic mass is 15.1. The van der Waals surface area contributed by atoms with Crippen molar-refractivity contribution in [2.24, 2.45) is 0 Å². The predicted molar refractivity (Wildman–Crippen MR) is 61.3 cm³/mol. The predicted octanol–water partition coefficient (Wildman–Crippen LogP) is 2.16. The molecule has 4 aromatic rings. The molecule has 0 radical (unpaired) electrons. The van der Waals surface area contributed by atoms with E-state index in [0.717, 1.165) is 32.8 Å².